The van der Waals surface area contributed by atoms with E-state index in [1.807, 2.05) is 6.92 Å². The van der Waals surface area contributed by atoms with Crippen molar-refractivity contribution in [1.29, 1.82) is 0 Å². The summed E-state index contributed by atoms with van der Waals surface area (Å²) in [5.41, 5.74) is 1.49. The van der Waals surface area contributed by atoms with Crippen LogP contribution in [0.4, 0.5) is 28.9 Å². The lowest BCUT2D eigenvalue weighted by Crippen LogP contribution is -2.44. The number of piperazine rings is 1. The van der Waals surface area contributed by atoms with E-state index in [1.165, 1.54) is 0 Å². The molecule has 40 heavy (non-hydrogen) atoms. The highest BCUT2D eigenvalue weighted by atomic mass is 35.5. The number of benzene rings is 2. The van der Waals surface area contributed by atoms with Crippen LogP contribution in [0.15, 0.2) is 41.3 Å². The third kappa shape index (κ3) is 9.24. The molecule has 0 unspecified atom stereocenters. The van der Waals surface area contributed by atoms with E-state index in [4.69, 9.17) is 21.5 Å². The van der Waals surface area contributed by atoms with E-state index in [1.54, 1.807) is 23.1 Å². The standard InChI is InChI=1S/C23H30ClFN4O3S.C2HF3O2/c1-3-5-12-28(4-2)23(30)19-15-17(6-9-22(19)29-13-10-26-11-14-29)27-33(31,32)18-7-8-21(25)20(24)16-18;3-2(4,5)1(6)7/h6-9,15-16,26-27H,3-5,10-14H2,1-2H3;(H,6,7). The number of rotatable bonds is 9. The first-order chi connectivity index (χ1) is 18.7. The molecule has 15 heteroatoms. The number of halogens is 5. The second kappa shape index (κ2) is 14.5. The van der Waals surface area contributed by atoms with Gasteiger partial charge in [-0.05, 0) is 49.7 Å². The Morgan fingerprint density at radius 3 is 2.27 bits per heavy atom. The molecule has 3 rings (SSSR count). The molecule has 1 heterocycles. The molecule has 3 N–H and O–H groups in total. The minimum Gasteiger partial charge on any atom is -0.475 e. The number of hydrogen-bond donors (Lipinski definition) is 3. The number of unbranched alkanes of at least 4 members (excludes halogenated alkanes) is 1. The minimum absolute atomic E-state index is 0.134. The van der Waals surface area contributed by atoms with Gasteiger partial charge in [0.1, 0.15) is 5.82 Å². The van der Waals surface area contributed by atoms with Crippen molar-refractivity contribution in [2.75, 3.05) is 48.9 Å². The van der Waals surface area contributed by atoms with Crippen molar-refractivity contribution in [3.05, 3.63) is 52.8 Å². The highest BCUT2D eigenvalue weighted by Crippen LogP contribution is 2.28. The van der Waals surface area contributed by atoms with Gasteiger partial charge >= 0.3 is 12.1 Å². The number of carboxylic acid groups (broad SMARTS) is 1. The van der Waals surface area contributed by atoms with Crippen molar-refractivity contribution < 1.29 is 40.7 Å². The molecule has 1 aliphatic rings. The molecule has 222 valence electrons. The fourth-order valence-electron chi connectivity index (χ4n) is 3.73. The lowest BCUT2D eigenvalue weighted by atomic mass is 10.1. The van der Waals surface area contributed by atoms with Crippen LogP contribution >= 0.6 is 11.6 Å². The van der Waals surface area contributed by atoms with Crippen molar-refractivity contribution in [3.63, 3.8) is 0 Å². The van der Waals surface area contributed by atoms with Crippen LogP contribution in [0.3, 0.4) is 0 Å². The predicted octanol–water partition coefficient (Wildman–Crippen LogP) is 4.59. The normalized spacial score (nSPS) is 13.7. The van der Waals surface area contributed by atoms with Crippen LogP contribution in [0.5, 0.6) is 0 Å². The molecule has 0 saturated carbocycles. The van der Waals surface area contributed by atoms with E-state index in [0.29, 0.717) is 18.7 Å². The maximum absolute atomic E-state index is 13.5. The van der Waals surface area contributed by atoms with Crippen molar-refractivity contribution >= 4 is 44.9 Å². The number of carbonyl (C=O) groups excluding carboxylic acids is 1. The number of nitrogens with one attached hydrogen (secondary N) is 2. The van der Waals surface area contributed by atoms with Gasteiger partial charge < -0.3 is 20.2 Å². The van der Waals surface area contributed by atoms with Crippen LogP contribution in [0, 0.1) is 5.82 Å². The summed E-state index contributed by atoms with van der Waals surface area (Å²) in [6.07, 6.45) is -3.23. The zero-order valence-electron chi connectivity index (χ0n) is 21.9. The van der Waals surface area contributed by atoms with Gasteiger partial charge in [-0.25, -0.2) is 17.6 Å². The Kier molecular flexibility index (Phi) is 12.0. The van der Waals surface area contributed by atoms with E-state index in [0.717, 1.165) is 62.9 Å². The van der Waals surface area contributed by atoms with Gasteiger partial charge in [-0.15, -0.1) is 0 Å². The summed E-state index contributed by atoms with van der Waals surface area (Å²) in [6, 6.07) is 8.21. The maximum atomic E-state index is 13.5. The Bertz CT molecular complexity index is 1290. The Balaban J connectivity index is 0.000000708. The summed E-state index contributed by atoms with van der Waals surface area (Å²) in [6.45, 7) is 8.31. The van der Waals surface area contributed by atoms with Crippen molar-refractivity contribution in [3.8, 4) is 0 Å². The molecule has 0 atom stereocenters. The van der Waals surface area contributed by atoms with Gasteiger partial charge in [0, 0.05) is 50.6 Å². The molecule has 2 aromatic carbocycles. The predicted molar refractivity (Wildman–Crippen MR) is 144 cm³/mol. The number of sulfonamides is 1. The summed E-state index contributed by atoms with van der Waals surface area (Å²) in [7, 11) is -4.02. The minimum atomic E-state index is -5.08. The fraction of sp³-hybridized carbons (Fsp3) is 0.440. The van der Waals surface area contributed by atoms with Crippen LogP contribution in [-0.4, -0.2) is 75.7 Å². The maximum Gasteiger partial charge on any atom is 0.490 e. The average molecular weight is 611 g/mol. The van der Waals surface area contributed by atoms with Crippen LogP contribution in [-0.2, 0) is 14.8 Å². The summed E-state index contributed by atoms with van der Waals surface area (Å²) >= 11 is 5.76. The second-order valence-electron chi connectivity index (χ2n) is 8.69. The van der Waals surface area contributed by atoms with Gasteiger partial charge in [0.05, 0.1) is 15.5 Å². The van der Waals surface area contributed by atoms with Crippen LogP contribution in [0.2, 0.25) is 5.02 Å². The number of carbonyl (C=O) groups is 2. The third-order valence-electron chi connectivity index (χ3n) is 5.83. The first kappa shape index (κ1) is 33.1. The molecule has 1 aliphatic heterocycles. The number of hydrogen-bond acceptors (Lipinski definition) is 6. The van der Waals surface area contributed by atoms with E-state index in [9.17, 15) is 30.8 Å². The molecule has 1 fully saturated rings. The first-order valence-corrected chi connectivity index (χ1v) is 14.2. The zero-order chi connectivity index (χ0) is 30.1. The molecule has 9 nitrogen and oxygen atoms in total. The molecular formula is C25H31ClF4N4O5S. The lowest BCUT2D eigenvalue weighted by molar-refractivity contribution is -0.192. The molecule has 0 radical (unpaired) electrons. The molecule has 1 amide bonds. The summed E-state index contributed by atoms with van der Waals surface area (Å²) in [4.78, 5) is 26.1. The lowest BCUT2D eigenvalue weighted by Gasteiger charge is -2.32. The van der Waals surface area contributed by atoms with Crippen molar-refractivity contribution in [1.82, 2.24) is 10.2 Å². The summed E-state index contributed by atoms with van der Waals surface area (Å²) < 4.78 is 73.4. The Labute approximate surface area is 235 Å². The highest BCUT2D eigenvalue weighted by molar-refractivity contribution is 7.92. The molecule has 0 bridgehead atoms. The zero-order valence-corrected chi connectivity index (χ0v) is 23.5. The van der Waals surface area contributed by atoms with E-state index in [2.05, 4.69) is 21.9 Å². The Morgan fingerprint density at radius 1 is 1.12 bits per heavy atom. The Morgan fingerprint density at radius 2 is 1.75 bits per heavy atom. The van der Waals surface area contributed by atoms with Crippen LogP contribution in [0.1, 0.15) is 37.0 Å². The summed E-state index contributed by atoms with van der Waals surface area (Å²) in [5, 5.41) is 10.1. The van der Waals surface area contributed by atoms with Gasteiger partial charge in [-0.3, -0.25) is 9.52 Å². The van der Waals surface area contributed by atoms with Gasteiger partial charge in [0.15, 0.2) is 0 Å². The van der Waals surface area contributed by atoms with Gasteiger partial charge in [0.25, 0.3) is 15.9 Å². The first-order valence-electron chi connectivity index (χ1n) is 12.4. The van der Waals surface area contributed by atoms with E-state index in [-0.39, 0.29) is 21.5 Å². The topological polar surface area (TPSA) is 119 Å². The molecule has 0 aromatic heterocycles. The SMILES string of the molecule is CCCCN(CC)C(=O)c1cc(NS(=O)(=O)c2ccc(F)c(Cl)c2)ccc1N1CCNCC1.O=C(O)C(F)(F)F. The third-order valence-corrected chi connectivity index (χ3v) is 7.50. The van der Waals surface area contributed by atoms with Gasteiger partial charge in [0.2, 0.25) is 0 Å². The number of nitrogens with zero attached hydrogens (tertiary/aromatic N) is 2. The largest absolute Gasteiger partial charge is 0.490 e. The smallest absolute Gasteiger partial charge is 0.475 e. The van der Waals surface area contributed by atoms with Crippen LogP contribution in [0.25, 0.3) is 0 Å². The Hall–Kier alpha value is -3.10. The number of anilines is 2. The number of carboxylic acids is 1. The van der Waals surface area contributed by atoms with Gasteiger partial charge in [-0.2, -0.15) is 13.2 Å². The summed E-state index contributed by atoms with van der Waals surface area (Å²) in [5.74, 6) is -3.59. The highest BCUT2D eigenvalue weighted by Gasteiger charge is 2.38. The fourth-order valence-corrected chi connectivity index (χ4v) is 5.05. The van der Waals surface area contributed by atoms with Crippen LogP contribution < -0.4 is 14.9 Å². The number of aliphatic carboxylic acids is 1. The van der Waals surface area contributed by atoms with E-state index >= 15 is 0 Å². The molecule has 1 saturated heterocycles. The van der Waals surface area contributed by atoms with Gasteiger partial charge in [-0.1, -0.05) is 24.9 Å². The molecule has 0 aliphatic carbocycles. The second-order valence-corrected chi connectivity index (χ2v) is 10.8. The van der Waals surface area contributed by atoms with E-state index < -0.39 is 28.0 Å². The quantitative estimate of drug-likeness (QED) is 0.356. The van der Waals surface area contributed by atoms with Crippen molar-refractivity contribution in [2.45, 2.75) is 37.8 Å². The average Bonchev–Trinajstić information content (AvgIpc) is 2.90. The number of alkyl halides is 3. The molecular weight excluding hydrogens is 580 g/mol. The number of amides is 1. The molecule has 0 spiro atoms. The monoisotopic (exact) mass is 610 g/mol. The van der Waals surface area contributed by atoms with Crippen molar-refractivity contribution in [2.24, 2.45) is 0 Å². The molecule has 2 aromatic rings.